The van der Waals surface area contributed by atoms with E-state index in [9.17, 15) is 22.8 Å². The Hall–Kier alpha value is -4.19. The Morgan fingerprint density at radius 3 is 2.39 bits per heavy atom. The molecule has 1 amide bonds. The highest BCUT2D eigenvalue weighted by Crippen LogP contribution is 2.52. The standard InChI is InChI=1S/C32H38N4O7S/c1-31(2,3)43-30(40)34-27-24-12-8-7-11-23(24)19-32(27)14-16-35(17-15-32)29-33-20-25(44(41,42)18-13-26(37)38)28(39)36(29)21-22-9-5-4-6-10-22/h4-12,20,27H,13-19,21H2,1-3H3,(H,34,40)(H,37,38)/t27-/m1/s1. The fourth-order valence-electron chi connectivity index (χ4n) is 6.23. The Bertz CT molecular complexity index is 1710. The molecule has 3 aromatic rings. The van der Waals surface area contributed by atoms with Gasteiger partial charge in [0.15, 0.2) is 14.7 Å². The number of carboxylic acids is 1. The summed E-state index contributed by atoms with van der Waals surface area (Å²) in [5.74, 6) is -1.61. The molecule has 1 spiro atoms. The van der Waals surface area contributed by atoms with E-state index in [1.807, 2.05) is 74.2 Å². The average Bonchev–Trinajstić information content (AvgIpc) is 3.25. The Morgan fingerprint density at radius 1 is 1.07 bits per heavy atom. The number of carbonyl (C=O) groups excluding carboxylic acids is 1. The van der Waals surface area contributed by atoms with Crippen molar-refractivity contribution in [1.82, 2.24) is 14.9 Å². The van der Waals surface area contributed by atoms with Crippen LogP contribution in [0.3, 0.4) is 0 Å². The lowest BCUT2D eigenvalue weighted by molar-refractivity contribution is -0.136. The lowest BCUT2D eigenvalue weighted by Crippen LogP contribution is -2.49. The van der Waals surface area contributed by atoms with Crippen molar-refractivity contribution in [3.8, 4) is 0 Å². The molecule has 2 aliphatic rings. The number of piperidine rings is 1. The molecule has 1 atom stereocenters. The van der Waals surface area contributed by atoms with Crippen molar-refractivity contribution < 1.29 is 27.9 Å². The zero-order valence-corrected chi connectivity index (χ0v) is 26.0. The maximum Gasteiger partial charge on any atom is 0.408 e. The third-order valence-corrected chi connectivity index (χ3v) is 10.0. The normalized spacial score (nSPS) is 17.7. The number of amides is 1. The van der Waals surface area contributed by atoms with Crippen LogP contribution in [0.5, 0.6) is 0 Å². The van der Waals surface area contributed by atoms with Gasteiger partial charge in [-0.2, -0.15) is 0 Å². The molecule has 44 heavy (non-hydrogen) atoms. The van der Waals surface area contributed by atoms with Crippen LogP contribution in [0, 0.1) is 5.41 Å². The minimum Gasteiger partial charge on any atom is -0.481 e. The van der Waals surface area contributed by atoms with E-state index in [2.05, 4.69) is 16.4 Å². The lowest BCUT2D eigenvalue weighted by atomic mass is 9.73. The fourth-order valence-corrected chi connectivity index (χ4v) is 7.49. The van der Waals surface area contributed by atoms with Gasteiger partial charge in [-0.05, 0) is 56.7 Å². The quantitative estimate of drug-likeness (QED) is 0.381. The van der Waals surface area contributed by atoms with Crippen LogP contribution in [0.1, 0.15) is 62.8 Å². The zero-order chi connectivity index (χ0) is 31.7. The number of rotatable bonds is 8. The molecule has 0 bridgehead atoms. The van der Waals surface area contributed by atoms with Gasteiger partial charge in [0, 0.05) is 18.5 Å². The molecule has 0 unspecified atom stereocenters. The van der Waals surface area contributed by atoms with Gasteiger partial charge in [-0.15, -0.1) is 0 Å². The van der Waals surface area contributed by atoms with Crippen molar-refractivity contribution in [3.05, 3.63) is 87.8 Å². The molecule has 2 N–H and O–H groups in total. The van der Waals surface area contributed by atoms with Crippen LogP contribution in [-0.4, -0.2) is 59.6 Å². The van der Waals surface area contributed by atoms with Crippen LogP contribution in [0.15, 0.2) is 70.5 Å². The highest BCUT2D eigenvalue weighted by molar-refractivity contribution is 7.91. The molecule has 1 aliphatic carbocycles. The number of fused-ring (bicyclic) bond motifs is 1. The third-order valence-electron chi connectivity index (χ3n) is 8.32. The summed E-state index contributed by atoms with van der Waals surface area (Å²) in [6.45, 7) is 6.62. The fraction of sp³-hybridized carbons (Fsp3) is 0.438. The van der Waals surface area contributed by atoms with Crippen LogP contribution in [0.4, 0.5) is 10.7 Å². The van der Waals surface area contributed by atoms with Gasteiger partial charge in [-0.1, -0.05) is 54.6 Å². The van der Waals surface area contributed by atoms with Gasteiger partial charge in [0.05, 0.1) is 31.0 Å². The molecule has 11 nitrogen and oxygen atoms in total. The SMILES string of the molecule is CC(C)(C)OC(=O)N[C@@H]1c2ccccc2CC12CCN(c1ncc(S(=O)(=O)CCC(=O)O)c(=O)n1Cc1ccccc1)CC2. The number of carboxylic acid groups (broad SMARTS) is 1. The van der Waals surface area contributed by atoms with E-state index < -0.39 is 50.1 Å². The van der Waals surface area contributed by atoms with Crippen LogP contribution < -0.4 is 15.8 Å². The molecule has 1 fully saturated rings. The van der Waals surface area contributed by atoms with Gasteiger partial charge in [-0.3, -0.25) is 14.2 Å². The smallest absolute Gasteiger partial charge is 0.408 e. The van der Waals surface area contributed by atoms with E-state index in [1.54, 1.807) is 0 Å². The number of nitrogens with one attached hydrogen (secondary N) is 1. The number of anilines is 1. The summed E-state index contributed by atoms with van der Waals surface area (Å²) in [6.07, 6.45) is 2.11. The van der Waals surface area contributed by atoms with Gasteiger partial charge in [0.1, 0.15) is 5.60 Å². The maximum absolute atomic E-state index is 13.7. The summed E-state index contributed by atoms with van der Waals surface area (Å²) >= 11 is 0. The van der Waals surface area contributed by atoms with Crippen molar-refractivity contribution in [2.45, 2.75) is 69.5 Å². The predicted octanol–water partition coefficient (Wildman–Crippen LogP) is 3.95. The summed E-state index contributed by atoms with van der Waals surface area (Å²) in [4.78, 5) is 43.6. The minimum absolute atomic E-state index is 0.0974. The average molecular weight is 623 g/mol. The lowest BCUT2D eigenvalue weighted by Gasteiger charge is -2.44. The summed E-state index contributed by atoms with van der Waals surface area (Å²) < 4.78 is 32.9. The summed E-state index contributed by atoms with van der Waals surface area (Å²) in [6, 6.07) is 17.0. The molecule has 12 heteroatoms. The van der Waals surface area contributed by atoms with Gasteiger partial charge >= 0.3 is 12.1 Å². The number of aromatic nitrogens is 2. The second kappa shape index (κ2) is 12.1. The number of hydrogen-bond donors (Lipinski definition) is 2. The number of ether oxygens (including phenoxy) is 1. The summed E-state index contributed by atoms with van der Waals surface area (Å²) in [5, 5.41) is 12.2. The molecule has 5 rings (SSSR count). The second-order valence-electron chi connectivity index (χ2n) is 12.6. The molecular weight excluding hydrogens is 584 g/mol. The van der Waals surface area contributed by atoms with Crippen molar-refractivity contribution in [3.63, 3.8) is 0 Å². The van der Waals surface area contributed by atoms with Crippen LogP contribution in [-0.2, 0) is 32.3 Å². The maximum atomic E-state index is 13.7. The van der Waals surface area contributed by atoms with E-state index in [0.29, 0.717) is 31.9 Å². The first-order valence-corrected chi connectivity index (χ1v) is 16.3. The molecule has 0 radical (unpaired) electrons. The second-order valence-corrected chi connectivity index (χ2v) is 14.6. The molecule has 1 saturated heterocycles. The summed E-state index contributed by atoms with van der Waals surface area (Å²) in [7, 11) is -4.18. The van der Waals surface area contributed by atoms with Crippen molar-refractivity contribution >= 4 is 27.8 Å². The monoisotopic (exact) mass is 622 g/mol. The number of sulfone groups is 1. The Kier molecular flexibility index (Phi) is 8.57. The molecule has 1 aromatic heterocycles. The zero-order valence-electron chi connectivity index (χ0n) is 25.2. The number of nitrogens with zero attached hydrogens (tertiary/aromatic N) is 3. The molecule has 2 aromatic carbocycles. The number of alkyl carbamates (subject to hydrolysis) is 1. The molecule has 1 aliphatic heterocycles. The highest BCUT2D eigenvalue weighted by Gasteiger charge is 2.49. The first-order chi connectivity index (χ1) is 20.8. The third kappa shape index (κ3) is 6.64. The topological polar surface area (TPSA) is 148 Å². The van der Waals surface area contributed by atoms with Crippen LogP contribution in [0.2, 0.25) is 0 Å². The Morgan fingerprint density at radius 2 is 1.73 bits per heavy atom. The van der Waals surface area contributed by atoms with Gasteiger partial charge in [0.2, 0.25) is 5.95 Å². The van der Waals surface area contributed by atoms with Gasteiger partial charge < -0.3 is 20.1 Å². The largest absolute Gasteiger partial charge is 0.481 e. The Balaban J connectivity index is 1.45. The van der Waals surface area contributed by atoms with E-state index in [4.69, 9.17) is 9.84 Å². The van der Waals surface area contributed by atoms with Crippen LogP contribution in [0.25, 0.3) is 0 Å². The number of aliphatic carboxylic acids is 1. The number of benzene rings is 2. The van der Waals surface area contributed by atoms with E-state index in [1.165, 1.54) is 10.1 Å². The molecule has 2 heterocycles. The minimum atomic E-state index is -4.18. The van der Waals surface area contributed by atoms with Crippen molar-refractivity contribution in [1.29, 1.82) is 0 Å². The first-order valence-electron chi connectivity index (χ1n) is 14.7. The van der Waals surface area contributed by atoms with E-state index in [0.717, 1.165) is 23.7 Å². The molecular formula is C32H38N4O7S. The predicted molar refractivity (Wildman–Crippen MR) is 164 cm³/mol. The highest BCUT2D eigenvalue weighted by atomic mass is 32.2. The van der Waals surface area contributed by atoms with Gasteiger partial charge in [0.25, 0.3) is 5.56 Å². The first kappa shape index (κ1) is 31.2. The van der Waals surface area contributed by atoms with Crippen molar-refractivity contribution in [2.75, 3.05) is 23.7 Å². The van der Waals surface area contributed by atoms with Gasteiger partial charge in [-0.25, -0.2) is 18.2 Å². The number of hydrogen-bond acceptors (Lipinski definition) is 8. The molecule has 234 valence electrons. The number of carbonyl (C=O) groups is 2. The summed E-state index contributed by atoms with van der Waals surface area (Å²) in [5.41, 5.74) is 1.39. The van der Waals surface area contributed by atoms with Crippen molar-refractivity contribution in [2.24, 2.45) is 5.41 Å². The van der Waals surface area contributed by atoms with E-state index >= 15 is 0 Å². The Labute approximate surface area is 256 Å². The van der Waals surface area contributed by atoms with E-state index in [-0.39, 0.29) is 18.0 Å². The molecule has 0 saturated carbocycles. The van der Waals surface area contributed by atoms with Crippen LogP contribution >= 0.6 is 0 Å².